The minimum Gasteiger partial charge on any atom is -0.379 e. The minimum absolute atomic E-state index is 0.327. The van der Waals surface area contributed by atoms with E-state index in [1.54, 1.807) is 6.20 Å². The van der Waals surface area contributed by atoms with Gasteiger partial charge in [-0.3, -0.25) is 0 Å². The van der Waals surface area contributed by atoms with Gasteiger partial charge < -0.3 is 9.72 Å². The molecule has 0 amide bonds. The highest BCUT2D eigenvalue weighted by molar-refractivity contribution is 4.85. The Labute approximate surface area is 73.2 Å². The average molecular weight is 167 g/mol. The zero-order valence-corrected chi connectivity index (χ0v) is 7.63. The van der Waals surface area contributed by atoms with Gasteiger partial charge in [0.1, 0.15) is 12.0 Å². The molecule has 1 rings (SSSR count). The Morgan fingerprint density at radius 1 is 1.67 bits per heavy atom. The Balaban J connectivity index is 2.04. The molecule has 3 heteroatoms. The molecule has 0 aliphatic heterocycles. The highest BCUT2D eigenvalue weighted by atomic mass is 16.5. The van der Waals surface area contributed by atoms with Crippen molar-refractivity contribution < 1.29 is 4.74 Å². The van der Waals surface area contributed by atoms with Crippen LogP contribution in [-0.4, -0.2) is 22.7 Å². The Morgan fingerprint density at radius 3 is 3.08 bits per heavy atom. The second kappa shape index (κ2) is 4.93. The van der Waals surface area contributed by atoms with E-state index < -0.39 is 0 Å². The smallest absolute Gasteiger partial charge is 0.108 e. The number of ether oxygens (including phenoxy) is 1. The number of imidazole rings is 1. The Morgan fingerprint density at radius 2 is 2.50 bits per heavy atom. The number of aryl methyl sites for hydroxylation is 1. The molecule has 0 aromatic carbocycles. The number of aromatic amines is 1. The summed E-state index contributed by atoms with van der Waals surface area (Å²) in [4.78, 5) is 7.00. The monoisotopic (exact) mass is 167 g/mol. The zero-order valence-electron chi connectivity index (χ0n) is 7.63. The molecule has 0 saturated heterocycles. The summed E-state index contributed by atoms with van der Waals surface area (Å²) >= 11 is 0. The molecule has 1 aromatic heterocycles. The van der Waals surface area contributed by atoms with Gasteiger partial charge in [0.15, 0.2) is 0 Å². The molecule has 67 valence electrons. The van der Waals surface area contributed by atoms with E-state index in [4.69, 9.17) is 4.74 Å². The van der Waals surface area contributed by atoms with Crippen LogP contribution in [0.1, 0.15) is 26.1 Å². The van der Waals surface area contributed by atoms with E-state index in [9.17, 15) is 0 Å². The van der Waals surface area contributed by atoms with Gasteiger partial charge in [0.2, 0.25) is 0 Å². The molecule has 1 aromatic rings. The normalized spacial score (nSPS) is 10.9. The summed E-state index contributed by atoms with van der Waals surface area (Å²) in [6.07, 6.45) is 6.74. The average Bonchev–Trinajstić information content (AvgIpc) is 2.49. The number of hydrogen-bond acceptors (Lipinski definition) is 2. The van der Waals surface area contributed by atoms with Gasteiger partial charge in [0.05, 0.1) is 6.10 Å². The maximum Gasteiger partial charge on any atom is 0.108 e. The predicted molar refractivity (Wildman–Crippen MR) is 46.8 cm³/mol. The lowest BCUT2D eigenvalue weighted by Gasteiger charge is -2.05. The number of nitrogens with one attached hydrogen (secondary N) is 1. The largest absolute Gasteiger partial charge is 0.379 e. The first kappa shape index (κ1) is 9.26. The molecule has 0 atom stereocenters. The molecular formula is C9H15N2O. The SMILES string of the molecule is CC(C)OCCCc1n[c]c[nH]1. The van der Waals surface area contributed by atoms with Crippen LogP contribution in [0.15, 0.2) is 6.20 Å². The van der Waals surface area contributed by atoms with Crippen molar-refractivity contribution >= 4 is 0 Å². The van der Waals surface area contributed by atoms with Gasteiger partial charge in [-0.2, -0.15) is 0 Å². The molecule has 1 heterocycles. The molecular weight excluding hydrogens is 152 g/mol. The maximum absolute atomic E-state index is 5.39. The van der Waals surface area contributed by atoms with Gasteiger partial charge in [-0.05, 0) is 20.3 Å². The van der Waals surface area contributed by atoms with Crippen LogP contribution in [0.5, 0.6) is 0 Å². The van der Waals surface area contributed by atoms with Crippen molar-refractivity contribution in [2.75, 3.05) is 6.61 Å². The van der Waals surface area contributed by atoms with Crippen LogP contribution in [0, 0.1) is 6.20 Å². The van der Waals surface area contributed by atoms with E-state index in [1.807, 2.05) is 13.8 Å². The molecule has 0 unspecified atom stereocenters. The van der Waals surface area contributed by atoms with Crippen LogP contribution in [0.4, 0.5) is 0 Å². The summed E-state index contributed by atoms with van der Waals surface area (Å²) in [6, 6.07) is 0. The lowest BCUT2D eigenvalue weighted by atomic mass is 10.3. The Hall–Kier alpha value is -0.830. The molecule has 0 bridgehead atoms. The number of H-pyrrole nitrogens is 1. The number of hydrogen-bond donors (Lipinski definition) is 1. The van der Waals surface area contributed by atoms with Crippen molar-refractivity contribution in [2.45, 2.75) is 32.8 Å². The first-order chi connectivity index (χ1) is 5.79. The highest BCUT2D eigenvalue weighted by Crippen LogP contribution is 1.96. The summed E-state index contributed by atoms with van der Waals surface area (Å²) in [6.45, 7) is 4.89. The van der Waals surface area contributed by atoms with E-state index >= 15 is 0 Å². The predicted octanol–water partition coefficient (Wildman–Crippen LogP) is 1.57. The minimum atomic E-state index is 0.327. The van der Waals surface area contributed by atoms with E-state index in [0.29, 0.717) is 6.10 Å². The van der Waals surface area contributed by atoms with Crippen LogP contribution in [0.25, 0.3) is 0 Å². The van der Waals surface area contributed by atoms with E-state index in [0.717, 1.165) is 25.3 Å². The first-order valence-electron chi connectivity index (χ1n) is 4.31. The van der Waals surface area contributed by atoms with Gasteiger partial charge >= 0.3 is 0 Å². The molecule has 0 saturated carbocycles. The van der Waals surface area contributed by atoms with Gasteiger partial charge in [0.25, 0.3) is 0 Å². The Bertz CT molecular complexity index is 194. The fourth-order valence-corrected chi connectivity index (χ4v) is 0.945. The first-order valence-corrected chi connectivity index (χ1v) is 4.31. The molecule has 0 aliphatic carbocycles. The highest BCUT2D eigenvalue weighted by Gasteiger charge is 1.96. The summed E-state index contributed by atoms with van der Waals surface area (Å²) in [5.74, 6) is 0.988. The lowest BCUT2D eigenvalue weighted by Crippen LogP contribution is -2.04. The van der Waals surface area contributed by atoms with Gasteiger partial charge in [0, 0.05) is 19.2 Å². The maximum atomic E-state index is 5.39. The molecule has 3 nitrogen and oxygen atoms in total. The second-order valence-electron chi connectivity index (χ2n) is 3.00. The summed E-state index contributed by atoms with van der Waals surface area (Å²) < 4.78 is 5.39. The third-order valence-corrected chi connectivity index (χ3v) is 1.51. The summed E-state index contributed by atoms with van der Waals surface area (Å²) in [5.41, 5.74) is 0. The van der Waals surface area contributed by atoms with Crippen molar-refractivity contribution in [2.24, 2.45) is 0 Å². The fourth-order valence-electron chi connectivity index (χ4n) is 0.945. The van der Waals surface area contributed by atoms with Crippen molar-refractivity contribution in [3.63, 3.8) is 0 Å². The van der Waals surface area contributed by atoms with Crippen LogP contribution in [0.3, 0.4) is 0 Å². The van der Waals surface area contributed by atoms with Crippen LogP contribution in [0.2, 0.25) is 0 Å². The second-order valence-corrected chi connectivity index (χ2v) is 3.00. The topological polar surface area (TPSA) is 37.9 Å². The fraction of sp³-hybridized carbons (Fsp3) is 0.667. The Kier molecular flexibility index (Phi) is 3.80. The van der Waals surface area contributed by atoms with E-state index in [2.05, 4.69) is 16.2 Å². The van der Waals surface area contributed by atoms with E-state index in [1.165, 1.54) is 0 Å². The van der Waals surface area contributed by atoms with Gasteiger partial charge in [-0.25, -0.2) is 4.98 Å². The third-order valence-electron chi connectivity index (χ3n) is 1.51. The number of aromatic nitrogens is 2. The van der Waals surface area contributed by atoms with Crippen molar-refractivity contribution in [3.8, 4) is 0 Å². The number of nitrogens with zero attached hydrogens (tertiary/aromatic N) is 1. The molecule has 1 N–H and O–H groups in total. The summed E-state index contributed by atoms with van der Waals surface area (Å²) in [7, 11) is 0. The van der Waals surface area contributed by atoms with Crippen LogP contribution in [-0.2, 0) is 11.2 Å². The molecule has 12 heavy (non-hydrogen) atoms. The lowest BCUT2D eigenvalue weighted by molar-refractivity contribution is 0.0769. The van der Waals surface area contributed by atoms with Gasteiger partial charge in [-0.1, -0.05) is 0 Å². The third kappa shape index (κ3) is 3.53. The van der Waals surface area contributed by atoms with Crippen molar-refractivity contribution in [1.82, 2.24) is 9.97 Å². The van der Waals surface area contributed by atoms with Crippen LogP contribution >= 0.6 is 0 Å². The van der Waals surface area contributed by atoms with E-state index in [-0.39, 0.29) is 0 Å². The zero-order chi connectivity index (χ0) is 8.81. The molecule has 1 radical (unpaired) electrons. The molecule has 0 aliphatic rings. The van der Waals surface area contributed by atoms with Crippen molar-refractivity contribution in [1.29, 1.82) is 0 Å². The van der Waals surface area contributed by atoms with Gasteiger partial charge in [-0.15, -0.1) is 0 Å². The molecule has 0 fully saturated rings. The number of rotatable bonds is 5. The molecule has 0 spiro atoms. The summed E-state index contributed by atoms with van der Waals surface area (Å²) in [5, 5.41) is 0. The van der Waals surface area contributed by atoms with Crippen LogP contribution < -0.4 is 0 Å². The van der Waals surface area contributed by atoms with Crippen molar-refractivity contribution in [3.05, 3.63) is 18.2 Å². The standard InChI is InChI=1S/C9H15N2O/c1-8(2)12-7-3-4-9-10-5-6-11-9/h5,8H,3-4,7H2,1-2H3,(H,10,11). The quantitative estimate of drug-likeness (QED) is 0.676.